The van der Waals surface area contributed by atoms with E-state index in [9.17, 15) is 29.4 Å². The third kappa shape index (κ3) is 14.2. The van der Waals surface area contributed by atoms with Crippen molar-refractivity contribution in [3.05, 3.63) is 120 Å². The maximum Gasteiger partial charge on any atom is 0.338 e. The molecule has 4 heterocycles. The number of carbonyl (C=O) groups excluding carboxylic acids is 4. The molecule has 3 aliphatic rings. The van der Waals surface area contributed by atoms with Crippen LogP contribution in [0.5, 0.6) is 0 Å². The van der Waals surface area contributed by atoms with Crippen LogP contribution in [0.3, 0.4) is 0 Å². The highest BCUT2D eigenvalue weighted by molar-refractivity contribution is 5.90. The smallest absolute Gasteiger partial charge is 0.338 e. The molecule has 17 nitrogen and oxygen atoms in total. The van der Waals surface area contributed by atoms with E-state index in [0.717, 1.165) is 16.5 Å². The molecule has 4 aromatic rings. The zero-order chi connectivity index (χ0) is 58.3. The van der Waals surface area contributed by atoms with Gasteiger partial charge in [-0.2, -0.15) is 0 Å². The number of rotatable bonds is 15. The Hall–Kier alpha value is -5.47. The Morgan fingerprint density at radius 2 is 1.41 bits per heavy atom. The number of para-hydroxylation sites is 1. The van der Waals surface area contributed by atoms with Gasteiger partial charge in [0.1, 0.15) is 23.1 Å². The zero-order valence-electron chi connectivity index (χ0n) is 48.7. The largest absolute Gasteiger partial charge is 0.459 e. The van der Waals surface area contributed by atoms with Gasteiger partial charge in [0.05, 0.1) is 71.3 Å². The van der Waals surface area contributed by atoms with E-state index in [1.165, 1.54) is 14.0 Å². The van der Waals surface area contributed by atoms with Crippen molar-refractivity contribution in [3.8, 4) is 0 Å². The van der Waals surface area contributed by atoms with Gasteiger partial charge in [0.25, 0.3) is 0 Å². The van der Waals surface area contributed by atoms with Gasteiger partial charge >= 0.3 is 17.9 Å². The number of likely N-dealkylation sites (N-methyl/N-ethyl adjacent to an activating group) is 1. The van der Waals surface area contributed by atoms with Crippen LogP contribution in [0.2, 0.25) is 0 Å². The second-order valence-corrected chi connectivity index (χ2v) is 23.1. The number of nitrogens with zero attached hydrogens (tertiary/aromatic N) is 2. The first-order valence-corrected chi connectivity index (χ1v) is 28.1. The van der Waals surface area contributed by atoms with Crippen molar-refractivity contribution in [2.75, 3.05) is 27.8 Å². The molecular weight excluding hydrogens is 1020 g/mol. The highest BCUT2D eigenvalue weighted by Gasteiger charge is 2.55. The number of aromatic nitrogens is 1. The molecule has 3 saturated heterocycles. The summed E-state index contributed by atoms with van der Waals surface area (Å²) in [7, 11) is 5.30. The summed E-state index contributed by atoms with van der Waals surface area (Å²) < 4.78 is 60.0. The molecule has 0 bridgehead atoms. The molecule has 2 N–H and O–H groups in total. The molecule has 3 fully saturated rings. The van der Waals surface area contributed by atoms with E-state index < -0.39 is 126 Å². The molecule has 1 aromatic heterocycles. The van der Waals surface area contributed by atoms with Gasteiger partial charge in [-0.15, -0.1) is 0 Å². The molecule has 17 heteroatoms. The number of aliphatic hydroxyl groups is 2. The van der Waals surface area contributed by atoms with E-state index in [1.807, 2.05) is 82.3 Å². The average molecular weight is 1110 g/mol. The number of carbonyl (C=O) groups is 4. The standard InChI is InChI=1S/C63H84N2O15/c1-14-49-63(10,71)54(67)39(4)51(66)37(2)34-62(9,73-31-23-24-43-33-46-29-21-22-30-47(46)64-36-43)55(80-60-53(48(65(11)12)32-38(3)74-60)78-58(69)44-25-17-15-18-26-44)40(5)52(41(6)57(68)76-49)77-50-35-61(8,72-13)56(42(7)75-50)79-59(70)45-27-19-16-20-28-45/h15-30,33,36-42,48-50,52-56,60,67,71H,14,31-32,34-35H2,1-13H3/b24-23+/t37-,38-,39+,40+,41-,42+,48+,49-,50+,52+,53-,54-,55-,56+,60+,61-,62-,63-/m1/s1. The highest BCUT2D eigenvalue weighted by Crippen LogP contribution is 2.43. The summed E-state index contributed by atoms with van der Waals surface area (Å²) in [6.45, 7) is 17.2. The average Bonchev–Trinajstić information content (AvgIpc) is 3.44. The van der Waals surface area contributed by atoms with Crippen LogP contribution in [0.1, 0.15) is 121 Å². The molecule has 436 valence electrons. The fraction of sp³-hybridized carbons (Fsp3) is 0.571. The minimum Gasteiger partial charge on any atom is -0.459 e. The fourth-order valence-corrected chi connectivity index (χ4v) is 12.0. The molecule has 7 rings (SSSR count). The summed E-state index contributed by atoms with van der Waals surface area (Å²) in [5.74, 6) is -6.36. The molecule has 3 aromatic carbocycles. The number of hydrogen-bond acceptors (Lipinski definition) is 17. The Kier molecular flexibility index (Phi) is 20.7. The number of fused-ring (bicyclic) bond motifs is 1. The van der Waals surface area contributed by atoms with E-state index in [0.29, 0.717) is 17.5 Å². The number of cyclic esters (lactones) is 1. The van der Waals surface area contributed by atoms with E-state index in [2.05, 4.69) is 4.98 Å². The normalized spacial score (nSPS) is 35.8. The summed E-state index contributed by atoms with van der Waals surface area (Å²) in [6.07, 6.45) is -4.72. The van der Waals surface area contributed by atoms with Gasteiger partial charge in [0, 0.05) is 42.9 Å². The Morgan fingerprint density at radius 3 is 2.04 bits per heavy atom. The van der Waals surface area contributed by atoms with Crippen molar-refractivity contribution in [2.24, 2.45) is 23.7 Å². The highest BCUT2D eigenvalue weighted by atomic mass is 16.7. The lowest BCUT2D eigenvalue weighted by molar-refractivity contribution is -0.319. The first-order chi connectivity index (χ1) is 37.9. The second kappa shape index (κ2) is 26.6. The maximum atomic E-state index is 15.0. The van der Waals surface area contributed by atoms with Gasteiger partial charge in [0.2, 0.25) is 0 Å². The number of pyridine rings is 1. The molecule has 18 atom stereocenters. The predicted molar refractivity (Wildman–Crippen MR) is 300 cm³/mol. The van der Waals surface area contributed by atoms with Crippen molar-refractivity contribution in [1.29, 1.82) is 0 Å². The van der Waals surface area contributed by atoms with Gasteiger partial charge in [-0.25, -0.2) is 9.59 Å². The Balaban J connectivity index is 1.36. The van der Waals surface area contributed by atoms with E-state index in [4.69, 9.17) is 42.6 Å². The lowest BCUT2D eigenvalue weighted by Crippen LogP contribution is -2.62. The van der Waals surface area contributed by atoms with Crippen LogP contribution in [0.15, 0.2) is 103 Å². The van der Waals surface area contributed by atoms with Crippen LogP contribution in [-0.4, -0.2) is 156 Å². The van der Waals surface area contributed by atoms with Crippen molar-refractivity contribution < 1.29 is 72.0 Å². The Morgan fingerprint density at radius 1 is 0.787 bits per heavy atom. The summed E-state index contributed by atoms with van der Waals surface area (Å²) in [5, 5.41) is 25.0. The summed E-state index contributed by atoms with van der Waals surface area (Å²) in [5.41, 5.74) is -2.42. The topological polar surface area (TPSA) is 208 Å². The van der Waals surface area contributed by atoms with Gasteiger partial charge < -0.3 is 57.7 Å². The van der Waals surface area contributed by atoms with Crippen LogP contribution in [0.4, 0.5) is 0 Å². The van der Waals surface area contributed by atoms with Gasteiger partial charge in [-0.05, 0) is 117 Å². The Labute approximate surface area is 471 Å². The third-order valence-corrected chi connectivity index (χ3v) is 16.7. The van der Waals surface area contributed by atoms with Crippen LogP contribution in [0.25, 0.3) is 17.0 Å². The van der Waals surface area contributed by atoms with Gasteiger partial charge in [0.15, 0.2) is 24.8 Å². The van der Waals surface area contributed by atoms with Crippen LogP contribution >= 0.6 is 0 Å². The van der Waals surface area contributed by atoms with Crippen molar-refractivity contribution in [1.82, 2.24) is 9.88 Å². The molecule has 0 aliphatic carbocycles. The van der Waals surface area contributed by atoms with Crippen molar-refractivity contribution in [2.45, 2.75) is 179 Å². The van der Waals surface area contributed by atoms with E-state index in [1.54, 1.807) is 108 Å². The number of methoxy groups -OCH3 is 1. The SMILES string of the molecule is CC[C@H]1OC(=O)[C@H](C)[C@@H](O[C@H]2C[C@@](C)(OC)[C@@H](OC(=O)c3ccccc3)[C@H](C)O2)[C@H](C)[C@@H](O[C@@H]2O[C@H](C)C[C@H](N(C)C)[C@H]2OC(=O)c2ccccc2)[C@](C)(OC/C=C/c2cnc3ccccc3c2)C[C@@H](C)C(=O)[C@H](C)[C@@H](O)[C@]1(C)O. The van der Waals surface area contributed by atoms with Crippen LogP contribution in [0, 0.1) is 23.7 Å². The van der Waals surface area contributed by atoms with Crippen LogP contribution in [-0.2, 0) is 52.2 Å². The minimum atomic E-state index is -2.07. The first kappa shape index (κ1) is 62.1. The lowest BCUT2D eigenvalue weighted by atomic mass is 9.73. The number of hydrogen-bond donors (Lipinski definition) is 2. The molecule has 0 unspecified atom stereocenters. The van der Waals surface area contributed by atoms with Gasteiger partial charge in [-0.1, -0.05) is 94.4 Å². The zero-order valence-corrected chi connectivity index (χ0v) is 48.7. The van der Waals surface area contributed by atoms with E-state index in [-0.39, 0.29) is 31.7 Å². The number of esters is 3. The summed E-state index contributed by atoms with van der Waals surface area (Å²) in [4.78, 5) is 64.1. The molecule has 80 heavy (non-hydrogen) atoms. The fourth-order valence-electron chi connectivity index (χ4n) is 12.0. The molecule has 3 aliphatic heterocycles. The lowest BCUT2D eigenvalue weighted by Gasteiger charge is -2.50. The number of benzene rings is 3. The van der Waals surface area contributed by atoms with Crippen molar-refractivity contribution >= 4 is 40.7 Å². The number of Topliss-reactive ketones (excluding diaryl/α,β-unsaturated/α-hetero) is 1. The predicted octanol–water partition coefficient (Wildman–Crippen LogP) is 8.80. The molecular formula is C63H84N2O15. The maximum absolute atomic E-state index is 15.0. The molecule has 0 spiro atoms. The minimum absolute atomic E-state index is 0.0157. The molecule has 0 radical (unpaired) electrons. The first-order valence-electron chi connectivity index (χ1n) is 28.1. The van der Waals surface area contributed by atoms with Gasteiger partial charge in [-0.3, -0.25) is 14.6 Å². The number of ketones is 1. The second-order valence-electron chi connectivity index (χ2n) is 23.1. The van der Waals surface area contributed by atoms with E-state index >= 15 is 0 Å². The third-order valence-electron chi connectivity index (χ3n) is 16.7. The summed E-state index contributed by atoms with van der Waals surface area (Å²) >= 11 is 0. The van der Waals surface area contributed by atoms with Crippen molar-refractivity contribution in [3.63, 3.8) is 0 Å². The Bertz CT molecular complexity index is 2740. The molecule has 0 saturated carbocycles. The monoisotopic (exact) mass is 1110 g/mol. The van der Waals surface area contributed by atoms with Crippen LogP contribution < -0.4 is 0 Å². The summed E-state index contributed by atoms with van der Waals surface area (Å²) in [6, 6.07) is 26.6. The number of ether oxygens (including phenoxy) is 9. The quantitative estimate of drug-likeness (QED) is 0.0842. The molecule has 0 amide bonds. The number of aliphatic hydroxyl groups excluding tert-OH is 1.